The average Bonchev–Trinajstić information content (AvgIpc) is 2.63. The predicted molar refractivity (Wildman–Crippen MR) is 65.7 cm³/mol. The van der Waals surface area contributed by atoms with E-state index in [0.29, 0.717) is 30.8 Å². The molecule has 2 aliphatic rings. The number of alkyl halides is 2. The van der Waals surface area contributed by atoms with Gasteiger partial charge in [-0.2, -0.15) is 13.9 Å². The molecule has 3 rings (SSSR count). The van der Waals surface area contributed by atoms with Crippen LogP contribution in [-0.2, 0) is 25.4 Å². The van der Waals surface area contributed by atoms with Crippen LogP contribution in [0.5, 0.6) is 0 Å². The molecule has 1 aromatic heterocycles. The highest BCUT2D eigenvalue weighted by molar-refractivity contribution is 5.66. The standard InChI is InChI=1S/C12H16F2N4O2/c1-7-4-9-8(5-17(7)11(19)20)10-12(13,14)6-15-2-3-18(10)16-9/h7,15H,2-6H2,1H3,(H,19,20)/t7-/m1/s1. The summed E-state index contributed by atoms with van der Waals surface area (Å²) in [6.45, 7) is 2.12. The van der Waals surface area contributed by atoms with Crippen LogP contribution in [0.4, 0.5) is 13.6 Å². The van der Waals surface area contributed by atoms with E-state index >= 15 is 0 Å². The Balaban J connectivity index is 2.08. The maximum atomic E-state index is 14.2. The molecule has 0 aromatic carbocycles. The predicted octanol–water partition coefficient (Wildman–Crippen LogP) is 1.00. The lowest BCUT2D eigenvalue weighted by molar-refractivity contribution is -0.00820. The number of nitrogens with zero attached hydrogens (tertiary/aromatic N) is 3. The topological polar surface area (TPSA) is 70.4 Å². The highest BCUT2D eigenvalue weighted by atomic mass is 19.3. The average molecular weight is 286 g/mol. The van der Waals surface area contributed by atoms with E-state index in [9.17, 15) is 13.6 Å². The molecular formula is C12H16F2N4O2. The zero-order chi connectivity index (χ0) is 14.5. The summed E-state index contributed by atoms with van der Waals surface area (Å²) in [7, 11) is 0. The van der Waals surface area contributed by atoms with Crippen molar-refractivity contribution in [2.75, 3.05) is 13.1 Å². The van der Waals surface area contributed by atoms with Crippen molar-refractivity contribution >= 4 is 6.09 Å². The highest BCUT2D eigenvalue weighted by Gasteiger charge is 2.43. The number of hydrogen-bond acceptors (Lipinski definition) is 3. The van der Waals surface area contributed by atoms with Crippen LogP contribution in [-0.4, -0.2) is 45.0 Å². The van der Waals surface area contributed by atoms with Crippen LogP contribution in [0.2, 0.25) is 0 Å². The van der Waals surface area contributed by atoms with Gasteiger partial charge >= 0.3 is 12.0 Å². The van der Waals surface area contributed by atoms with Gasteiger partial charge in [-0.15, -0.1) is 0 Å². The normalized spacial score (nSPS) is 24.8. The Morgan fingerprint density at radius 2 is 2.30 bits per heavy atom. The fraction of sp³-hybridized carbons (Fsp3) is 0.667. The molecule has 0 aliphatic carbocycles. The van der Waals surface area contributed by atoms with Crippen LogP contribution < -0.4 is 5.32 Å². The molecule has 0 fully saturated rings. The molecule has 1 aromatic rings. The highest BCUT2D eigenvalue weighted by Crippen LogP contribution is 2.36. The largest absolute Gasteiger partial charge is 0.465 e. The monoisotopic (exact) mass is 286 g/mol. The quantitative estimate of drug-likeness (QED) is 0.746. The number of aromatic nitrogens is 2. The fourth-order valence-corrected chi connectivity index (χ4v) is 2.94. The van der Waals surface area contributed by atoms with Crippen molar-refractivity contribution in [3.63, 3.8) is 0 Å². The van der Waals surface area contributed by atoms with Gasteiger partial charge in [0.1, 0.15) is 5.69 Å². The van der Waals surface area contributed by atoms with E-state index in [1.165, 1.54) is 9.58 Å². The maximum Gasteiger partial charge on any atom is 0.407 e. The Bertz CT molecular complexity index is 558. The molecule has 0 saturated carbocycles. The number of rotatable bonds is 0. The van der Waals surface area contributed by atoms with Crippen LogP contribution in [0.25, 0.3) is 0 Å². The van der Waals surface area contributed by atoms with Crippen LogP contribution in [0.1, 0.15) is 23.9 Å². The number of fused-ring (bicyclic) bond motifs is 3. The van der Waals surface area contributed by atoms with Crippen LogP contribution in [0.15, 0.2) is 0 Å². The smallest absolute Gasteiger partial charge is 0.407 e. The number of amides is 1. The first-order chi connectivity index (χ1) is 9.40. The van der Waals surface area contributed by atoms with Crippen LogP contribution in [0.3, 0.4) is 0 Å². The lowest BCUT2D eigenvalue weighted by Gasteiger charge is -2.31. The maximum absolute atomic E-state index is 14.2. The molecule has 0 radical (unpaired) electrons. The van der Waals surface area contributed by atoms with Gasteiger partial charge in [0.05, 0.1) is 25.3 Å². The van der Waals surface area contributed by atoms with Gasteiger partial charge in [0.2, 0.25) is 0 Å². The van der Waals surface area contributed by atoms with Crippen molar-refractivity contribution in [2.45, 2.75) is 38.4 Å². The molecule has 1 atom stereocenters. The van der Waals surface area contributed by atoms with E-state index < -0.39 is 18.6 Å². The molecule has 8 heteroatoms. The van der Waals surface area contributed by atoms with Gasteiger partial charge in [-0.1, -0.05) is 0 Å². The van der Waals surface area contributed by atoms with Crippen LogP contribution >= 0.6 is 0 Å². The molecule has 6 nitrogen and oxygen atoms in total. The van der Waals surface area contributed by atoms with Gasteiger partial charge < -0.3 is 15.3 Å². The molecule has 110 valence electrons. The van der Waals surface area contributed by atoms with E-state index in [1.807, 2.05) is 0 Å². The Hall–Kier alpha value is -1.70. The van der Waals surface area contributed by atoms with Crippen molar-refractivity contribution in [3.8, 4) is 0 Å². The third-order valence-corrected chi connectivity index (χ3v) is 3.92. The molecule has 2 N–H and O–H groups in total. The van der Waals surface area contributed by atoms with Crippen molar-refractivity contribution < 1.29 is 18.7 Å². The second-order valence-corrected chi connectivity index (χ2v) is 5.34. The first kappa shape index (κ1) is 13.3. The minimum absolute atomic E-state index is 0.0171. The van der Waals surface area contributed by atoms with Gasteiger partial charge in [-0.3, -0.25) is 4.68 Å². The van der Waals surface area contributed by atoms with E-state index in [1.54, 1.807) is 6.92 Å². The minimum Gasteiger partial charge on any atom is -0.465 e. The van der Waals surface area contributed by atoms with Crippen molar-refractivity contribution in [2.24, 2.45) is 0 Å². The number of carboxylic acid groups (broad SMARTS) is 1. The first-order valence-electron chi connectivity index (χ1n) is 6.57. The van der Waals surface area contributed by atoms with E-state index in [2.05, 4.69) is 10.4 Å². The molecule has 3 heterocycles. The molecule has 0 unspecified atom stereocenters. The Morgan fingerprint density at radius 3 is 3.00 bits per heavy atom. The van der Waals surface area contributed by atoms with Gasteiger partial charge in [0, 0.05) is 24.6 Å². The summed E-state index contributed by atoms with van der Waals surface area (Å²) < 4.78 is 29.8. The summed E-state index contributed by atoms with van der Waals surface area (Å²) in [4.78, 5) is 12.4. The van der Waals surface area contributed by atoms with Crippen LogP contribution in [0, 0.1) is 0 Å². The molecule has 0 saturated heterocycles. The Morgan fingerprint density at radius 1 is 1.55 bits per heavy atom. The Labute approximate surface area is 114 Å². The summed E-state index contributed by atoms with van der Waals surface area (Å²) in [6, 6.07) is -0.245. The van der Waals surface area contributed by atoms with E-state index in [0.717, 1.165) is 0 Å². The number of carbonyl (C=O) groups is 1. The van der Waals surface area contributed by atoms with E-state index in [-0.39, 0.29) is 18.3 Å². The number of hydrogen-bond donors (Lipinski definition) is 2. The zero-order valence-electron chi connectivity index (χ0n) is 11.1. The summed E-state index contributed by atoms with van der Waals surface area (Å²) in [5.41, 5.74) is 0.849. The summed E-state index contributed by atoms with van der Waals surface area (Å²) in [6.07, 6.45) is -0.705. The molecule has 0 bridgehead atoms. The first-order valence-corrected chi connectivity index (χ1v) is 6.57. The van der Waals surface area contributed by atoms with Crippen molar-refractivity contribution in [3.05, 3.63) is 17.0 Å². The van der Waals surface area contributed by atoms with Gasteiger partial charge in [0.15, 0.2) is 0 Å². The third kappa shape index (κ3) is 1.94. The van der Waals surface area contributed by atoms with Gasteiger partial charge in [0.25, 0.3) is 0 Å². The molecule has 0 spiro atoms. The van der Waals surface area contributed by atoms with Crippen molar-refractivity contribution in [1.29, 1.82) is 0 Å². The summed E-state index contributed by atoms with van der Waals surface area (Å²) in [5, 5.41) is 16.1. The number of halogens is 2. The third-order valence-electron chi connectivity index (χ3n) is 3.92. The van der Waals surface area contributed by atoms with Crippen molar-refractivity contribution in [1.82, 2.24) is 20.0 Å². The van der Waals surface area contributed by atoms with Gasteiger partial charge in [-0.05, 0) is 6.92 Å². The fourth-order valence-electron chi connectivity index (χ4n) is 2.94. The second kappa shape index (κ2) is 4.41. The molecule has 2 aliphatic heterocycles. The zero-order valence-corrected chi connectivity index (χ0v) is 11.1. The molecule has 1 amide bonds. The second-order valence-electron chi connectivity index (χ2n) is 5.34. The molecule has 20 heavy (non-hydrogen) atoms. The molecular weight excluding hydrogens is 270 g/mol. The lowest BCUT2D eigenvalue weighted by atomic mass is 9.98. The summed E-state index contributed by atoms with van der Waals surface area (Å²) in [5.74, 6) is -3.03. The lowest BCUT2D eigenvalue weighted by Crippen LogP contribution is -2.42. The minimum atomic E-state index is -3.03. The SMILES string of the molecule is C[C@@H]1Cc2nn3c(c2CN1C(=O)O)C(F)(F)CNCC3. The number of nitrogens with one attached hydrogen (secondary N) is 1. The van der Waals surface area contributed by atoms with Gasteiger partial charge in [-0.25, -0.2) is 4.79 Å². The van der Waals surface area contributed by atoms with E-state index in [4.69, 9.17) is 5.11 Å². The Kier molecular flexibility index (Phi) is 2.93. The summed E-state index contributed by atoms with van der Waals surface area (Å²) >= 11 is 0.